The molecule has 1 N–H and O–H groups in total. The Hall–Kier alpha value is -2.71. The van der Waals surface area contributed by atoms with Crippen LogP contribution >= 0.6 is 28.1 Å². The van der Waals surface area contributed by atoms with E-state index in [1.807, 2.05) is 0 Å². The third-order valence-corrected chi connectivity index (χ3v) is 4.71. The minimum atomic E-state index is -0.536. The van der Waals surface area contributed by atoms with Crippen LogP contribution < -0.4 is 19.7 Å². The van der Waals surface area contributed by atoms with Crippen LogP contribution in [-0.4, -0.2) is 23.7 Å². The van der Waals surface area contributed by atoms with Gasteiger partial charge in [-0.25, -0.2) is 0 Å². The number of anilines is 1. The van der Waals surface area contributed by atoms with Gasteiger partial charge >= 0.3 is 0 Å². The number of hydrogen-bond acceptors (Lipinski definition) is 5. The minimum Gasteiger partial charge on any atom is -0.454 e. The van der Waals surface area contributed by atoms with Gasteiger partial charge in [0.25, 0.3) is 11.8 Å². The van der Waals surface area contributed by atoms with Gasteiger partial charge < -0.3 is 9.47 Å². The molecule has 0 atom stereocenters. The van der Waals surface area contributed by atoms with Crippen LogP contribution in [0.4, 0.5) is 5.69 Å². The van der Waals surface area contributed by atoms with Gasteiger partial charge in [-0.3, -0.25) is 19.8 Å². The van der Waals surface area contributed by atoms with Crippen LogP contribution in [0.25, 0.3) is 6.08 Å². The summed E-state index contributed by atoms with van der Waals surface area (Å²) in [5, 5.41) is 2.60. The van der Waals surface area contributed by atoms with Gasteiger partial charge in [-0.15, -0.1) is 0 Å². The fourth-order valence-electron chi connectivity index (χ4n) is 2.65. The van der Waals surface area contributed by atoms with Crippen molar-refractivity contribution in [3.63, 3.8) is 0 Å². The van der Waals surface area contributed by atoms with Crippen molar-refractivity contribution in [3.05, 3.63) is 58.1 Å². The first-order valence-electron chi connectivity index (χ1n) is 7.59. The normalized spacial score (nSPS) is 17.7. The topological polar surface area (TPSA) is 67.9 Å². The molecule has 6 nitrogen and oxygen atoms in total. The van der Waals surface area contributed by atoms with Gasteiger partial charge in [-0.2, -0.15) is 0 Å². The molecule has 2 aliphatic heterocycles. The second kappa shape index (κ2) is 6.54. The molecule has 2 amide bonds. The zero-order chi connectivity index (χ0) is 18.3. The van der Waals surface area contributed by atoms with Crippen molar-refractivity contribution in [3.8, 4) is 11.5 Å². The molecule has 2 aromatic rings. The van der Waals surface area contributed by atoms with Crippen molar-refractivity contribution in [1.29, 1.82) is 0 Å². The summed E-state index contributed by atoms with van der Waals surface area (Å²) in [6.07, 6.45) is 1.51. The Labute approximate surface area is 162 Å². The second-order valence-electron chi connectivity index (χ2n) is 5.55. The van der Waals surface area contributed by atoms with Crippen LogP contribution in [0.2, 0.25) is 0 Å². The highest BCUT2D eigenvalue weighted by Gasteiger charge is 2.34. The molecule has 0 spiro atoms. The van der Waals surface area contributed by atoms with Crippen molar-refractivity contribution < 1.29 is 19.1 Å². The summed E-state index contributed by atoms with van der Waals surface area (Å²) in [4.78, 5) is 26.5. The van der Waals surface area contributed by atoms with E-state index in [1.54, 1.807) is 42.5 Å². The first kappa shape index (κ1) is 16.7. The first-order chi connectivity index (χ1) is 12.5. The average Bonchev–Trinajstić information content (AvgIpc) is 3.08. The quantitative estimate of drug-likeness (QED) is 0.450. The standard InChI is InChI=1S/C18H11BrN2O4S/c19-11-2-4-12(5-3-11)21-17(23)13(16(22)20-18(21)26)7-10-1-6-14-15(8-10)25-9-24-14/h1-8H,9H2,(H,20,22,26)/b13-7-. The molecule has 4 rings (SSSR count). The molecule has 2 aromatic carbocycles. The molecule has 1 fully saturated rings. The lowest BCUT2D eigenvalue weighted by atomic mass is 10.1. The molecule has 2 aliphatic rings. The summed E-state index contributed by atoms with van der Waals surface area (Å²) >= 11 is 8.53. The van der Waals surface area contributed by atoms with Gasteiger partial charge in [0.15, 0.2) is 16.6 Å². The molecule has 8 heteroatoms. The molecule has 0 radical (unpaired) electrons. The predicted molar refractivity (Wildman–Crippen MR) is 103 cm³/mol. The number of hydrogen-bond donors (Lipinski definition) is 1. The molecule has 0 saturated carbocycles. The van der Waals surface area contributed by atoms with Crippen molar-refractivity contribution in [2.45, 2.75) is 0 Å². The molecular formula is C18H11BrN2O4S. The molecule has 0 aromatic heterocycles. The SMILES string of the molecule is O=C1NC(=S)N(c2ccc(Br)cc2)C(=O)/C1=C\c1ccc2c(c1)OCO2. The number of halogens is 1. The first-order valence-corrected chi connectivity index (χ1v) is 8.80. The third-order valence-electron chi connectivity index (χ3n) is 3.89. The number of amides is 2. The number of benzene rings is 2. The maximum atomic E-state index is 12.9. The number of ether oxygens (including phenoxy) is 2. The van der Waals surface area contributed by atoms with Gasteiger partial charge in [-0.1, -0.05) is 22.0 Å². The summed E-state index contributed by atoms with van der Waals surface area (Å²) in [7, 11) is 0. The van der Waals surface area contributed by atoms with Crippen molar-refractivity contribution in [1.82, 2.24) is 5.32 Å². The number of nitrogens with zero attached hydrogens (tertiary/aromatic N) is 1. The van der Waals surface area contributed by atoms with E-state index < -0.39 is 11.8 Å². The van der Waals surface area contributed by atoms with E-state index in [-0.39, 0.29) is 17.5 Å². The predicted octanol–water partition coefficient (Wildman–Crippen LogP) is 3.01. The van der Waals surface area contributed by atoms with Crippen molar-refractivity contribution in [2.75, 3.05) is 11.7 Å². The Morgan fingerprint density at radius 3 is 2.58 bits per heavy atom. The fourth-order valence-corrected chi connectivity index (χ4v) is 3.20. The van der Waals surface area contributed by atoms with Crippen LogP contribution in [0, 0.1) is 0 Å². The van der Waals surface area contributed by atoms with Gasteiger partial charge in [-0.05, 0) is 60.3 Å². The summed E-state index contributed by atoms with van der Waals surface area (Å²) in [5.41, 5.74) is 1.21. The van der Waals surface area contributed by atoms with E-state index in [0.717, 1.165) is 4.47 Å². The zero-order valence-electron chi connectivity index (χ0n) is 13.2. The van der Waals surface area contributed by atoms with Crippen molar-refractivity contribution >= 4 is 56.8 Å². The maximum Gasteiger partial charge on any atom is 0.270 e. The average molecular weight is 431 g/mol. The Balaban J connectivity index is 1.71. The van der Waals surface area contributed by atoms with Gasteiger partial charge in [0.1, 0.15) is 5.57 Å². The zero-order valence-corrected chi connectivity index (χ0v) is 15.6. The van der Waals surface area contributed by atoms with Crippen LogP contribution in [-0.2, 0) is 9.59 Å². The van der Waals surface area contributed by atoms with Gasteiger partial charge in [0, 0.05) is 4.47 Å². The monoisotopic (exact) mass is 430 g/mol. The number of nitrogens with one attached hydrogen (secondary N) is 1. The van der Waals surface area contributed by atoms with E-state index in [0.29, 0.717) is 22.7 Å². The van der Waals surface area contributed by atoms with E-state index in [1.165, 1.54) is 11.0 Å². The van der Waals surface area contributed by atoms with Crippen LogP contribution in [0.5, 0.6) is 11.5 Å². The molecule has 0 bridgehead atoms. The van der Waals surface area contributed by atoms with Gasteiger partial charge in [0.2, 0.25) is 6.79 Å². The third kappa shape index (κ3) is 2.97. The fraction of sp³-hybridized carbons (Fsp3) is 0.0556. The number of carbonyl (C=O) groups is 2. The highest BCUT2D eigenvalue weighted by Crippen LogP contribution is 2.33. The number of fused-ring (bicyclic) bond motifs is 1. The largest absolute Gasteiger partial charge is 0.454 e. The van der Waals surface area contributed by atoms with Crippen LogP contribution in [0.1, 0.15) is 5.56 Å². The van der Waals surface area contributed by atoms with E-state index in [9.17, 15) is 9.59 Å². The van der Waals surface area contributed by atoms with Gasteiger partial charge in [0.05, 0.1) is 5.69 Å². The molecule has 1 saturated heterocycles. The lowest BCUT2D eigenvalue weighted by Crippen LogP contribution is -2.54. The Morgan fingerprint density at radius 1 is 1.08 bits per heavy atom. The highest BCUT2D eigenvalue weighted by molar-refractivity contribution is 9.10. The van der Waals surface area contributed by atoms with Crippen molar-refractivity contribution in [2.24, 2.45) is 0 Å². The minimum absolute atomic E-state index is 0.0135. The van der Waals surface area contributed by atoms with E-state index in [2.05, 4.69) is 21.2 Å². The Kier molecular flexibility index (Phi) is 4.21. The molecule has 0 unspecified atom stereocenters. The molecule has 26 heavy (non-hydrogen) atoms. The molecule has 0 aliphatic carbocycles. The number of thiocarbonyl (C=S) groups is 1. The Bertz CT molecular complexity index is 972. The smallest absolute Gasteiger partial charge is 0.270 e. The highest BCUT2D eigenvalue weighted by atomic mass is 79.9. The summed E-state index contributed by atoms with van der Waals surface area (Å²) in [6.45, 7) is 0.153. The lowest BCUT2D eigenvalue weighted by Gasteiger charge is -2.29. The lowest BCUT2D eigenvalue weighted by molar-refractivity contribution is -0.122. The number of carbonyl (C=O) groups excluding carboxylic acids is 2. The molecular weight excluding hydrogens is 420 g/mol. The maximum absolute atomic E-state index is 12.9. The molecule has 130 valence electrons. The van der Waals surface area contributed by atoms with E-state index >= 15 is 0 Å². The summed E-state index contributed by atoms with van der Waals surface area (Å²) in [6, 6.07) is 12.3. The Morgan fingerprint density at radius 2 is 1.81 bits per heavy atom. The van der Waals surface area contributed by atoms with Crippen LogP contribution in [0.3, 0.4) is 0 Å². The summed E-state index contributed by atoms with van der Waals surface area (Å²) in [5.74, 6) is 0.178. The van der Waals surface area contributed by atoms with E-state index in [4.69, 9.17) is 21.7 Å². The molecule has 2 heterocycles. The van der Waals surface area contributed by atoms with Crippen LogP contribution in [0.15, 0.2) is 52.5 Å². The number of rotatable bonds is 2. The summed E-state index contributed by atoms with van der Waals surface area (Å²) < 4.78 is 11.5. The second-order valence-corrected chi connectivity index (χ2v) is 6.85.